The molecule has 0 aliphatic carbocycles. The van der Waals surface area contributed by atoms with E-state index in [9.17, 15) is 4.79 Å². The summed E-state index contributed by atoms with van der Waals surface area (Å²) in [6.07, 6.45) is 3.49. The molecule has 2 aliphatic rings. The summed E-state index contributed by atoms with van der Waals surface area (Å²) < 4.78 is 7.38. The molecule has 0 saturated carbocycles. The molecule has 29 heavy (non-hydrogen) atoms. The molecule has 1 spiro atoms. The monoisotopic (exact) mass is 435 g/mol. The fraction of sp³-hybridized carbons (Fsp3) is 0.500. The minimum Gasteiger partial charge on any atom is -0.397 e. The summed E-state index contributed by atoms with van der Waals surface area (Å²) in [5.74, 6) is 0.821. The van der Waals surface area contributed by atoms with Crippen LogP contribution in [0.1, 0.15) is 26.2 Å². The molecule has 1 aromatic carbocycles. The number of hydrogen-bond acceptors (Lipinski definition) is 7. The molecule has 2 saturated heterocycles. The molecule has 0 bridgehead atoms. The van der Waals surface area contributed by atoms with E-state index >= 15 is 0 Å². The molecule has 1 atom stereocenters. The van der Waals surface area contributed by atoms with E-state index < -0.39 is 0 Å². The van der Waals surface area contributed by atoms with Crippen LogP contribution >= 0.6 is 23.4 Å². The average Bonchev–Trinajstić information content (AvgIpc) is 3.06. The van der Waals surface area contributed by atoms with Crippen LogP contribution in [0, 0.1) is 5.41 Å². The van der Waals surface area contributed by atoms with Gasteiger partial charge in [0.05, 0.1) is 23.4 Å². The van der Waals surface area contributed by atoms with Gasteiger partial charge in [0.25, 0.3) is 5.56 Å². The second-order valence-electron chi connectivity index (χ2n) is 8.06. The fourth-order valence-corrected chi connectivity index (χ4v) is 5.45. The van der Waals surface area contributed by atoms with Gasteiger partial charge in [-0.3, -0.25) is 9.36 Å². The van der Waals surface area contributed by atoms with Crippen LogP contribution in [-0.4, -0.2) is 35.4 Å². The summed E-state index contributed by atoms with van der Waals surface area (Å²) in [6.45, 7) is 4.63. The Bertz CT molecular complexity index is 988. The number of piperidine rings is 1. The molecule has 2 aromatic rings. The van der Waals surface area contributed by atoms with E-state index in [1.54, 1.807) is 23.7 Å². The number of hydrogen-bond donors (Lipinski definition) is 2. The topological polar surface area (TPSA) is 99.4 Å². The van der Waals surface area contributed by atoms with Gasteiger partial charge in [0, 0.05) is 25.0 Å². The van der Waals surface area contributed by atoms with E-state index in [0.29, 0.717) is 32.6 Å². The van der Waals surface area contributed by atoms with Crippen LogP contribution in [0.2, 0.25) is 5.02 Å². The predicted molar refractivity (Wildman–Crippen MR) is 118 cm³/mol. The Morgan fingerprint density at radius 3 is 2.69 bits per heavy atom. The first-order chi connectivity index (χ1) is 13.8. The van der Waals surface area contributed by atoms with Crippen molar-refractivity contribution >= 4 is 40.8 Å². The maximum atomic E-state index is 13.0. The number of nitrogen functional groups attached to an aromatic ring is 2. The zero-order chi connectivity index (χ0) is 20.8. The summed E-state index contributed by atoms with van der Waals surface area (Å²) in [5, 5.41) is 0.414. The van der Waals surface area contributed by atoms with Gasteiger partial charge in [0.2, 0.25) is 5.95 Å². The van der Waals surface area contributed by atoms with Gasteiger partial charge in [-0.1, -0.05) is 29.4 Å². The lowest BCUT2D eigenvalue weighted by Gasteiger charge is -2.39. The van der Waals surface area contributed by atoms with Crippen molar-refractivity contribution < 1.29 is 4.74 Å². The zero-order valence-corrected chi connectivity index (χ0v) is 18.2. The van der Waals surface area contributed by atoms with Crippen molar-refractivity contribution in [2.45, 2.75) is 42.1 Å². The first kappa shape index (κ1) is 20.4. The highest BCUT2D eigenvalue weighted by molar-refractivity contribution is 7.99. The fourth-order valence-electron chi connectivity index (χ4n) is 4.26. The summed E-state index contributed by atoms with van der Waals surface area (Å²) in [5.41, 5.74) is 12.6. The Balaban J connectivity index is 1.58. The predicted octanol–water partition coefficient (Wildman–Crippen LogP) is 3.14. The Hall–Kier alpha value is -1.90. The number of nitrogens with two attached hydrogens (primary N) is 2. The summed E-state index contributed by atoms with van der Waals surface area (Å²) >= 11 is 7.47. The molecule has 4 rings (SSSR count). The van der Waals surface area contributed by atoms with E-state index in [1.807, 2.05) is 6.07 Å². The highest BCUT2D eigenvalue weighted by atomic mass is 35.5. The standard InChI is InChI=1S/C20H26ClN5O2S/c1-12-10-20(11-28-12)6-8-26(9-7-20)19-24-17(23)16(18(27)25(19)2)29-14-5-3-4-13(22)15(14)21/h3-5,12H,6-11,22-23H2,1-2H3/t12-/m0/s1. The Labute approximate surface area is 179 Å². The van der Waals surface area contributed by atoms with Crippen LogP contribution < -0.4 is 21.9 Å². The molecule has 2 aliphatic heterocycles. The first-order valence-electron chi connectivity index (χ1n) is 9.74. The lowest BCUT2D eigenvalue weighted by atomic mass is 9.77. The Morgan fingerprint density at radius 2 is 2.03 bits per heavy atom. The number of anilines is 3. The SMILES string of the molecule is C[C@H]1CC2(CCN(c3nc(N)c(Sc4cccc(N)c4Cl)c(=O)n3C)CC2)CO1. The third-order valence-electron chi connectivity index (χ3n) is 5.96. The van der Waals surface area contributed by atoms with Gasteiger partial charge in [-0.25, -0.2) is 0 Å². The Morgan fingerprint density at radius 1 is 1.31 bits per heavy atom. The second-order valence-corrected chi connectivity index (χ2v) is 9.49. The minimum absolute atomic E-state index is 0.186. The van der Waals surface area contributed by atoms with E-state index in [0.717, 1.165) is 39.0 Å². The van der Waals surface area contributed by atoms with Crippen LogP contribution in [0.5, 0.6) is 0 Å². The molecular formula is C20H26ClN5O2S. The van der Waals surface area contributed by atoms with Crippen molar-refractivity contribution in [1.29, 1.82) is 0 Å². The van der Waals surface area contributed by atoms with Crippen molar-refractivity contribution in [3.05, 3.63) is 33.6 Å². The van der Waals surface area contributed by atoms with Gasteiger partial charge in [-0.2, -0.15) is 4.98 Å². The van der Waals surface area contributed by atoms with Crippen molar-refractivity contribution in [3.63, 3.8) is 0 Å². The van der Waals surface area contributed by atoms with Gasteiger partial charge >= 0.3 is 0 Å². The van der Waals surface area contributed by atoms with Crippen molar-refractivity contribution in [1.82, 2.24) is 9.55 Å². The molecule has 4 N–H and O–H groups in total. The molecule has 0 radical (unpaired) electrons. The number of nitrogens with zero attached hydrogens (tertiary/aromatic N) is 3. The molecule has 0 unspecified atom stereocenters. The quantitative estimate of drug-likeness (QED) is 0.714. The average molecular weight is 436 g/mol. The lowest BCUT2D eigenvalue weighted by molar-refractivity contribution is 0.0974. The van der Waals surface area contributed by atoms with Crippen molar-refractivity contribution in [3.8, 4) is 0 Å². The molecular weight excluding hydrogens is 410 g/mol. The lowest BCUT2D eigenvalue weighted by Crippen LogP contribution is -2.43. The van der Waals surface area contributed by atoms with Crippen LogP contribution in [-0.2, 0) is 11.8 Å². The first-order valence-corrected chi connectivity index (χ1v) is 10.9. The van der Waals surface area contributed by atoms with E-state index in [2.05, 4.69) is 16.8 Å². The number of rotatable bonds is 3. The van der Waals surface area contributed by atoms with Crippen LogP contribution in [0.15, 0.2) is 32.8 Å². The van der Waals surface area contributed by atoms with Gasteiger partial charge in [0.15, 0.2) is 0 Å². The minimum atomic E-state index is -0.186. The van der Waals surface area contributed by atoms with Gasteiger partial charge in [0.1, 0.15) is 10.7 Å². The smallest absolute Gasteiger partial charge is 0.270 e. The molecule has 0 amide bonds. The van der Waals surface area contributed by atoms with Crippen molar-refractivity contribution in [2.75, 3.05) is 36.1 Å². The van der Waals surface area contributed by atoms with E-state index in [1.165, 1.54) is 11.8 Å². The second kappa shape index (κ2) is 7.74. The maximum absolute atomic E-state index is 13.0. The molecule has 156 valence electrons. The van der Waals surface area contributed by atoms with Gasteiger partial charge in [-0.15, -0.1) is 0 Å². The number of benzene rings is 1. The molecule has 9 heteroatoms. The maximum Gasteiger partial charge on any atom is 0.270 e. The third-order valence-corrected chi connectivity index (χ3v) is 7.64. The highest BCUT2D eigenvalue weighted by Gasteiger charge is 2.41. The summed E-state index contributed by atoms with van der Waals surface area (Å²) in [4.78, 5) is 20.8. The molecule has 7 nitrogen and oxygen atoms in total. The molecule has 3 heterocycles. The van der Waals surface area contributed by atoms with Gasteiger partial charge < -0.3 is 21.1 Å². The number of halogens is 1. The summed E-state index contributed by atoms with van der Waals surface area (Å²) in [7, 11) is 1.74. The van der Waals surface area contributed by atoms with Crippen LogP contribution in [0.3, 0.4) is 0 Å². The molecule has 2 fully saturated rings. The van der Waals surface area contributed by atoms with E-state index in [-0.39, 0.29) is 16.8 Å². The van der Waals surface area contributed by atoms with Crippen molar-refractivity contribution in [2.24, 2.45) is 12.5 Å². The number of ether oxygens (including phenoxy) is 1. The molecule has 1 aromatic heterocycles. The van der Waals surface area contributed by atoms with Crippen LogP contribution in [0.25, 0.3) is 0 Å². The van der Waals surface area contributed by atoms with Crippen LogP contribution in [0.4, 0.5) is 17.5 Å². The number of aromatic nitrogens is 2. The van der Waals surface area contributed by atoms with Gasteiger partial charge in [-0.05, 0) is 43.7 Å². The third kappa shape index (κ3) is 3.81. The Kier molecular flexibility index (Phi) is 5.44. The van der Waals surface area contributed by atoms with E-state index in [4.69, 9.17) is 27.8 Å². The highest BCUT2D eigenvalue weighted by Crippen LogP contribution is 2.42. The normalized spacial score (nSPS) is 21.1. The largest absolute Gasteiger partial charge is 0.397 e. The zero-order valence-electron chi connectivity index (χ0n) is 16.7. The summed E-state index contributed by atoms with van der Waals surface area (Å²) in [6, 6.07) is 5.32.